The average molecular weight is 213 g/mol. The topological polar surface area (TPSA) is 30.5 Å². The van der Waals surface area contributed by atoms with E-state index < -0.39 is 0 Å². The SMILES string of the molecule is CCCOC1C(NC)CC1OCC1CC1. The van der Waals surface area contributed by atoms with Crippen LogP contribution in [0.1, 0.15) is 32.6 Å². The third-order valence-corrected chi connectivity index (χ3v) is 3.38. The molecule has 2 aliphatic rings. The summed E-state index contributed by atoms with van der Waals surface area (Å²) in [7, 11) is 2.00. The van der Waals surface area contributed by atoms with Crippen molar-refractivity contribution in [1.29, 1.82) is 0 Å². The van der Waals surface area contributed by atoms with Crippen LogP contribution < -0.4 is 5.32 Å². The first-order chi connectivity index (χ1) is 7.35. The Bertz CT molecular complexity index is 194. The smallest absolute Gasteiger partial charge is 0.0990 e. The van der Waals surface area contributed by atoms with Gasteiger partial charge in [-0.3, -0.25) is 0 Å². The molecule has 3 nitrogen and oxygen atoms in total. The van der Waals surface area contributed by atoms with E-state index in [1.165, 1.54) is 12.8 Å². The van der Waals surface area contributed by atoms with Gasteiger partial charge in [0.15, 0.2) is 0 Å². The van der Waals surface area contributed by atoms with Gasteiger partial charge >= 0.3 is 0 Å². The lowest BCUT2D eigenvalue weighted by molar-refractivity contribution is -0.147. The first-order valence-corrected chi connectivity index (χ1v) is 6.25. The van der Waals surface area contributed by atoms with Crippen LogP contribution in [0.2, 0.25) is 0 Å². The summed E-state index contributed by atoms with van der Waals surface area (Å²) in [5.41, 5.74) is 0. The van der Waals surface area contributed by atoms with Crippen LogP contribution >= 0.6 is 0 Å². The van der Waals surface area contributed by atoms with E-state index in [9.17, 15) is 0 Å². The van der Waals surface area contributed by atoms with Crippen molar-refractivity contribution in [3.05, 3.63) is 0 Å². The molecule has 2 aliphatic carbocycles. The van der Waals surface area contributed by atoms with Crippen molar-refractivity contribution >= 4 is 0 Å². The Hall–Kier alpha value is -0.120. The lowest BCUT2D eigenvalue weighted by atomic mass is 9.85. The normalized spacial score (nSPS) is 35.2. The molecule has 0 aromatic rings. The van der Waals surface area contributed by atoms with Crippen LogP contribution in [0, 0.1) is 5.92 Å². The largest absolute Gasteiger partial charge is 0.375 e. The van der Waals surface area contributed by atoms with Gasteiger partial charge in [0.1, 0.15) is 0 Å². The molecular weight excluding hydrogens is 190 g/mol. The second kappa shape index (κ2) is 5.28. The Balaban J connectivity index is 1.68. The molecule has 0 saturated heterocycles. The molecule has 3 atom stereocenters. The Kier molecular flexibility index (Phi) is 4.00. The van der Waals surface area contributed by atoms with Gasteiger partial charge in [-0.1, -0.05) is 6.92 Å². The molecule has 0 aromatic carbocycles. The van der Waals surface area contributed by atoms with E-state index in [0.29, 0.717) is 12.1 Å². The highest BCUT2D eigenvalue weighted by molar-refractivity contribution is 4.97. The third kappa shape index (κ3) is 2.92. The second-order valence-corrected chi connectivity index (χ2v) is 4.78. The van der Waals surface area contributed by atoms with Crippen molar-refractivity contribution < 1.29 is 9.47 Å². The van der Waals surface area contributed by atoms with Crippen LogP contribution in [0.3, 0.4) is 0 Å². The lowest BCUT2D eigenvalue weighted by Gasteiger charge is -2.43. The lowest BCUT2D eigenvalue weighted by Crippen LogP contribution is -2.59. The molecule has 2 saturated carbocycles. The summed E-state index contributed by atoms with van der Waals surface area (Å²) < 4.78 is 11.7. The summed E-state index contributed by atoms with van der Waals surface area (Å²) in [5, 5.41) is 3.29. The third-order valence-electron chi connectivity index (χ3n) is 3.38. The molecule has 3 heteroatoms. The molecule has 88 valence electrons. The number of hydrogen-bond acceptors (Lipinski definition) is 3. The molecule has 2 rings (SSSR count). The van der Waals surface area contributed by atoms with Gasteiger partial charge in [-0.15, -0.1) is 0 Å². The van der Waals surface area contributed by atoms with E-state index in [-0.39, 0.29) is 6.10 Å². The standard InChI is InChI=1S/C12H23NO2/c1-3-6-14-12-10(13-2)7-11(12)15-8-9-4-5-9/h9-13H,3-8H2,1-2H3. The molecule has 0 radical (unpaired) electrons. The van der Waals surface area contributed by atoms with E-state index in [1.807, 2.05) is 7.05 Å². The number of ether oxygens (including phenoxy) is 2. The van der Waals surface area contributed by atoms with Crippen molar-refractivity contribution in [2.75, 3.05) is 20.3 Å². The fourth-order valence-electron chi connectivity index (χ4n) is 2.05. The Morgan fingerprint density at radius 1 is 1.27 bits per heavy atom. The summed E-state index contributed by atoms with van der Waals surface area (Å²) in [5.74, 6) is 0.852. The summed E-state index contributed by atoms with van der Waals surface area (Å²) in [6.07, 6.45) is 5.55. The number of hydrogen-bond donors (Lipinski definition) is 1. The van der Waals surface area contributed by atoms with E-state index in [1.54, 1.807) is 0 Å². The molecule has 0 amide bonds. The van der Waals surface area contributed by atoms with Gasteiger partial charge in [0.05, 0.1) is 12.2 Å². The van der Waals surface area contributed by atoms with Crippen molar-refractivity contribution in [2.24, 2.45) is 5.92 Å². The van der Waals surface area contributed by atoms with Crippen LogP contribution in [0.4, 0.5) is 0 Å². The molecule has 2 fully saturated rings. The van der Waals surface area contributed by atoms with Gasteiger partial charge in [-0.25, -0.2) is 0 Å². The number of rotatable bonds is 7. The minimum Gasteiger partial charge on any atom is -0.375 e. The first kappa shape index (κ1) is 11.4. The molecule has 3 unspecified atom stereocenters. The monoisotopic (exact) mass is 213 g/mol. The fourth-order valence-corrected chi connectivity index (χ4v) is 2.05. The van der Waals surface area contributed by atoms with Crippen LogP contribution in [-0.2, 0) is 9.47 Å². The maximum atomic E-state index is 5.88. The highest BCUT2D eigenvalue weighted by atomic mass is 16.5. The fraction of sp³-hybridized carbons (Fsp3) is 1.00. The number of likely N-dealkylation sites (N-methyl/N-ethyl adjacent to an activating group) is 1. The van der Waals surface area contributed by atoms with Crippen LogP contribution in [-0.4, -0.2) is 38.5 Å². The molecule has 15 heavy (non-hydrogen) atoms. The van der Waals surface area contributed by atoms with Gasteiger partial charge in [0.2, 0.25) is 0 Å². The van der Waals surface area contributed by atoms with Crippen molar-refractivity contribution in [1.82, 2.24) is 5.32 Å². The zero-order valence-corrected chi connectivity index (χ0v) is 9.87. The Morgan fingerprint density at radius 2 is 2.07 bits per heavy atom. The highest BCUT2D eigenvalue weighted by Gasteiger charge is 2.42. The van der Waals surface area contributed by atoms with E-state index in [4.69, 9.17) is 9.47 Å². The van der Waals surface area contributed by atoms with Crippen LogP contribution in [0.5, 0.6) is 0 Å². The van der Waals surface area contributed by atoms with Crippen molar-refractivity contribution in [3.63, 3.8) is 0 Å². The Morgan fingerprint density at radius 3 is 2.67 bits per heavy atom. The number of nitrogens with one attached hydrogen (secondary N) is 1. The maximum Gasteiger partial charge on any atom is 0.0990 e. The second-order valence-electron chi connectivity index (χ2n) is 4.78. The van der Waals surface area contributed by atoms with Gasteiger partial charge in [0.25, 0.3) is 0 Å². The molecule has 1 N–H and O–H groups in total. The predicted molar refractivity (Wildman–Crippen MR) is 60.0 cm³/mol. The zero-order valence-electron chi connectivity index (χ0n) is 9.87. The van der Waals surface area contributed by atoms with Crippen molar-refractivity contribution in [2.45, 2.75) is 50.9 Å². The summed E-state index contributed by atoms with van der Waals surface area (Å²) >= 11 is 0. The van der Waals surface area contributed by atoms with E-state index >= 15 is 0 Å². The molecule has 0 spiro atoms. The molecule has 0 bridgehead atoms. The minimum absolute atomic E-state index is 0.286. The molecular formula is C12H23NO2. The van der Waals surface area contributed by atoms with E-state index in [2.05, 4.69) is 12.2 Å². The Labute approximate surface area is 92.5 Å². The zero-order chi connectivity index (χ0) is 10.7. The quantitative estimate of drug-likeness (QED) is 0.696. The van der Waals surface area contributed by atoms with Crippen molar-refractivity contribution in [3.8, 4) is 0 Å². The molecule has 0 aliphatic heterocycles. The summed E-state index contributed by atoms with van der Waals surface area (Å²) in [6, 6.07) is 0.501. The van der Waals surface area contributed by atoms with Crippen LogP contribution in [0.25, 0.3) is 0 Å². The highest BCUT2D eigenvalue weighted by Crippen LogP contribution is 2.33. The molecule has 0 heterocycles. The van der Waals surface area contributed by atoms with Gasteiger partial charge in [0, 0.05) is 19.3 Å². The summed E-state index contributed by atoms with van der Waals surface area (Å²) in [4.78, 5) is 0. The minimum atomic E-state index is 0.286. The van der Waals surface area contributed by atoms with Gasteiger partial charge in [-0.2, -0.15) is 0 Å². The summed E-state index contributed by atoms with van der Waals surface area (Å²) in [6.45, 7) is 3.95. The first-order valence-electron chi connectivity index (χ1n) is 6.25. The van der Waals surface area contributed by atoms with Gasteiger partial charge in [-0.05, 0) is 38.6 Å². The molecule has 0 aromatic heterocycles. The van der Waals surface area contributed by atoms with E-state index in [0.717, 1.165) is 32.0 Å². The average Bonchev–Trinajstić information content (AvgIpc) is 3.01. The van der Waals surface area contributed by atoms with Gasteiger partial charge < -0.3 is 14.8 Å². The maximum absolute atomic E-state index is 5.88. The van der Waals surface area contributed by atoms with Crippen LogP contribution in [0.15, 0.2) is 0 Å². The predicted octanol–water partition coefficient (Wildman–Crippen LogP) is 1.57.